The predicted molar refractivity (Wildman–Crippen MR) is 58.2 cm³/mol. The quantitative estimate of drug-likeness (QED) is 0.722. The summed E-state index contributed by atoms with van der Waals surface area (Å²) in [5, 5.41) is 0. The number of hydrogen-bond acceptors (Lipinski definition) is 2. The van der Waals surface area contributed by atoms with Crippen molar-refractivity contribution in [3.8, 4) is 0 Å². The number of hydrogen-bond donors (Lipinski definition) is 0. The second kappa shape index (κ2) is 4.19. The molecule has 0 fully saturated rings. The van der Waals surface area contributed by atoms with Crippen LogP contribution in [-0.4, -0.2) is 25.1 Å². The SMILES string of the molecule is F[B-](F)(F)C1=CCN(c2cccnc2)CC1. The highest BCUT2D eigenvalue weighted by Gasteiger charge is 2.29. The molecule has 86 valence electrons. The first-order chi connectivity index (χ1) is 7.57. The van der Waals surface area contributed by atoms with Gasteiger partial charge in [-0.1, -0.05) is 6.08 Å². The molecule has 0 radical (unpaired) electrons. The Morgan fingerprint density at radius 3 is 2.62 bits per heavy atom. The summed E-state index contributed by atoms with van der Waals surface area (Å²) in [6.45, 7) is -4.09. The molecule has 0 unspecified atom stereocenters. The third-order valence-electron chi connectivity index (χ3n) is 2.68. The third-order valence-corrected chi connectivity index (χ3v) is 2.68. The molecule has 0 bridgehead atoms. The monoisotopic (exact) mass is 227 g/mol. The van der Waals surface area contributed by atoms with Crippen LogP contribution < -0.4 is 4.90 Å². The maximum atomic E-state index is 12.4. The lowest BCUT2D eigenvalue weighted by atomic mass is 9.75. The van der Waals surface area contributed by atoms with Crippen LogP contribution in [-0.2, 0) is 0 Å². The van der Waals surface area contributed by atoms with Crippen LogP contribution in [0.5, 0.6) is 0 Å². The van der Waals surface area contributed by atoms with E-state index in [4.69, 9.17) is 0 Å². The molecule has 2 nitrogen and oxygen atoms in total. The first kappa shape index (κ1) is 11.0. The highest BCUT2D eigenvalue weighted by atomic mass is 19.4. The summed E-state index contributed by atoms with van der Waals surface area (Å²) in [5.41, 5.74) is 0.507. The molecule has 0 N–H and O–H groups in total. The second-order valence-electron chi connectivity index (χ2n) is 3.76. The smallest absolute Gasteiger partial charge is 0.445 e. The number of nitrogens with zero attached hydrogens (tertiary/aromatic N) is 2. The van der Waals surface area contributed by atoms with Crippen molar-refractivity contribution < 1.29 is 12.9 Å². The Hall–Kier alpha value is -1.46. The Labute approximate surface area is 91.8 Å². The van der Waals surface area contributed by atoms with Gasteiger partial charge in [-0.2, -0.15) is 0 Å². The van der Waals surface area contributed by atoms with Gasteiger partial charge < -0.3 is 17.8 Å². The third kappa shape index (κ3) is 2.37. The number of aromatic nitrogens is 1. The van der Waals surface area contributed by atoms with Gasteiger partial charge in [-0.05, 0) is 18.6 Å². The maximum absolute atomic E-state index is 12.4. The minimum atomic E-state index is -4.80. The average Bonchev–Trinajstić information content (AvgIpc) is 2.29. The Morgan fingerprint density at radius 1 is 1.31 bits per heavy atom. The van der Waals surface area contributed by atoms with Crippen molar-refractivity contribution in [3.63, 3.8) is 0 Å². The number of anilines is 1. The Morgan fingerprint density at radius 2 is 2.12 bits per heavy atom. The summed E-state index contributed by atoms with van der Waals surface area (Å²) in [6.07, 6.45) is 4.65. The average molecular weight is 227 g/mol. The van der Waals surface area contributed by atoms with Crippen LogP contribution in [0.4, 0.5) is 18.6 Å². The molecule has 0 saturated carbocycles. The zero-order valence-electron chi connectivity index (χ0n) is 8.61. The van der Waals surface area contributed by atoms with E-state index in [1.807, 2.05) is 11.0 Å². The van der Waals surface area contributed by atoms with E-state index in [0.717, 1.165) is 5.69 Å². The molecule has 0 aromatic carbocycles. The summed E-state index contributed by atoms with van der Waals surface area (Å²) < 4.78 is 37.3. The number of rotatable bonds is 2. The van der Waals surface area contributed by atoms with Crippen LogP contribution >= 0.6 is 0 Å². The van der Waals surface area contributed by atoms with Gasteiger partial charge in [0.05, 0.1) is 11.9 Å². The molecule has 2 rings (SSSR count). The van der Waals surface area contributed by atoms with Crippen molar-refractivity contribution >= 4 is 12.7 Å². The molecule has 6 heteroatoms. The van der Waals surface area contributed by atoms with E-state index in [9.17, 15) is 12.9 Å². The van der Waals surface area contributed by atoms with E-state index in [0.29, 0.717) is 13.1 Å². The van der Waals surface area contributed by atoms with Crippen LogP contribution in [0, 0.1) is 0 Å². The Bertz CT molecular complexity index is 389. The number of halogens is 3. The highest BCUT2D eigenvalue weighted by Crippen LogP contribution is 2.27. The van der Waals surface area contributed by atoms with Crippen molar-refractivity contribution in [3.05, 3.63) is 36.1 Å². The van der Waals surface area contributed by atoms with E-state index < -0.39 is 6.98 Å². The van der Waals surface area contributed by atoms with E-state index >= 15 is 0 Å². The molecule has 2 heterocycles. The highest BCUT2D eigenvalue weighted by molar-refractivity contribution is 6.66. The summed E-state index contributed by atoms with van der Waals surface area (Å²) in [4.78, 5) is 5.83. The van der Waals surface area contributed by atoms with E-state index in [1.165, 1.54) is 6.08 Å². The van der Waals surface area contributed by atoms with Gasteiger partial charge in [-0.15, -0.1) is 5.47 Å². The Balaban J connectivity index is 2.08. The molecule has 0 atom stereocenters. The van der Waals surface area contributed by atoms with Gasteiger partial charge >= 0.3 is 6.98 Å². The van der Waals surface area contributed by atoms with Gasteiger partial charge in [0.25, 0.3) is 0 Å². The fourth-order valence-electron chi connectivity index (χ4n) is 1.76. The van der Waals surface area contributed by atoms with E-state index in [1.54, 1.807) is 18.5 Å². The molecule has 1 aromatic rings. The van der Waals surface area contributed by atoms with Crippen molar-refractivity contribution in [2.45, 2.75) is 6.42 Å². The van der Waals surface area contributed by atoms with Crippen LogP contribution in [0.15, 0.2) is 36.1 Å². The molecule has 0 aliphatic carbocycles. The standard InChI is InChI=1S/C10H11BF3N2/c12-11(13,14)9-3-6-16(7-4-9)10-2-1-5-15-8-10/h1-3,5,8H,4,6-7H2/q-1. The summed E-state index contributed by atoms with van der Waals surface area (Å²) in [7, 11) is 0. The molecule has 16 heavy (non-hydrogen) atoms. The first-order valence-corrected chi connectivity index (χ1v) is 5.11. The van der Waals surface area contributed by atoms with Gasteiger partial charge in [0.15, 0.2) is 0 Å². The van der Waals surface area contributed by atoms with Crippen molar-refractivity contribution in [1.82, 2.24) is 4.98 Å². The molecule has 1 aromatic heterocycles. The molecule has 1 aliphatic heterocycles. The zero-order valence-corrected chi connectivity index (χ0v) is 8.61. The van der Waals surface area contributed by atoms with Crippen LogP contribution in [0.2, 0.25) is 0 Å². The fraction of sp³-hybridized carbons (Fsp3) is 0.300. The Kier molecular flexibility index (Phi) is 2.89. The van der Waals surface area contributed by atoms with Crippen LogP contribution in [0.25, 0.3) is 0 Å². The molecular formula is C10H11BF3N2-. The molecule has 0 saturated heterocycles. The van der Waals surface area contributed by atoms with Crippen LogP contribution in [0.3, 0.4) is 0 Å². The molecule has 0 amide bonds. The predicted octanol–water partition coefficient (Wildman–Crippen LogP) is 2.60. The maximum Gasteiger partial charge on any atom is 0.505 e. The topological polar surface area (TPSA) is 16.1 Å². The molecule has 1 aliphatic rings. The van der Waals surface area contributed by atoms with Gasteiger partial charge in [0.1, 0.15) is 0 Å². The van der Waals surface area contributed by atoms with Crippen molar-refractivity contribution in [2.24, 2.45) is 0 Å². The minimum absolute atomic E-state index is 0.0679. The summed E-state index contributed by atoms with van der Waals surface area (Å²) in [6, 6.07) is 3.63. The lowest BCUT2D eigenvalue weighted by Gasteiger charge is -2.31. The van der Waals surface area contributed by atoms with E-state index in [-0.39, 0.29) is 11.9 Å². The van der Waals surface area contributed by atoms with E-state index in [2.05, 4.69) is 4.98 Å². The molecular weight excluding hydrogens is 216 g/mol. The fourth-order valence-corrected chi connectivity index (χ4v) is 1.76. The molecule has 0 spiro atoms. The first-order valence-electron chi connectivity index (χ1n) is 5.11. The minimum Gasteiger partial charge on any atom is -0.445 e. The van der Waals surface area contributed by atoms with Gasteiger partial charge in [0.2, 0.25) is 0 Å². The summed E-state index contributed by atoms with van der Waals surface area (Å²) >= 11 is 0. The van der Waals surface area contributed by atoms with Gasteiger partial charge in [0, 0.05) is 19.3 Å². The zero-order chi connectivity index (χ0) is 11.6. The van der Waals surface area contributed by atoms with Crippen molar-refractivity contribution in [2.75, 3.05) is 18.0 Å². The lowest BCUT2D eigenvalue weighted by Crippen LogP contribution is -2.33. The normalized spacial score (nSPS) is 17.2. The number of pyridine rings is 1. The lowest BCUT2D eigenvalue weighted by molar-refractivity contribution is 0.483. The largest absolute Gasteiger partial charge is 0.505 e. The van der Waals surface area contributed by atoms with Crippen LogP contribution in [0.1, 0.15) is 6.42 Å². The van der Waals surface area contributed by atoms with Gasteiger partial charge in [-0.25, -0.2) is 0 Å². The second-order valence-corrected chi connectivity index (χ2v) is 3.76. The van der Waals surface area contributed by atoms with Gasteiger partial charge in [-0.3, -0.25) is 4.98 Å². The van der Waals surface area contributed by atoms with Crippen molar-refractivity contribution in [1.29, 1.82) is 0 Å². The summed E-state index contributed by atoms with van der Waals surface area (Å²) in [5.74, 6) is 0.